The summed E-state index contributed by atoms with van der Waals surface area (Å²) in [6.45, 7) is -3.06. The maximum Gasteiger partial charge on any atom is 0.320 e. The molecule has 0 radical (unpaired) electrons. The number of rotatable bonds is 6. The number of hydrogen-bond acceptors (Lipinski definition) is 4. The predicted octanol–water partition coefficient (Wildman–Crippen LogP) is 2.36. The normalized spacial score (nSPS) is 10.8. The second-order valence-electron chi connectivity index (χ2n) is 3.92. The van der Waals surface area contributed by atoms with Crippen LogP contribution in [0.15, 0.2) is 30.6 Å². The maximum absolute atomic E-state index is 12.7. The van der Waals surface area contributed by atoms with Crippen molar-refractivity contribution in [3.63, 3.8) is 0 Å². The van der Waals surface area contributed by atoms with E-state index in [9.17, 15) is 13.9 Å². The third-order valence-electron chi connectivity index (χ3n) is 2.76. The number of imidazole rings is 1. The number of ether oxygens (including phenoxy) is 2. The molecular weight excluding hydrogens is 270 g/mol. The Morgan fingerprint density at radius 3 is 2.85 bits per heavy atom. The Morgan fingerprint density at radius 2 is 2.20 bits per heavy atom. The monoisotopic (exact) mass is 284 g/mol. The van der Waals surface area contributed by atoms with Gasteiger partial charge in [-0.1, -0.05) is 12.1 Å². The lowest BCUT2D eigenvalue weighted by Crippen LogP contribution is -2.08. The van der Waals surface area contributed by atoms with Gasteiger partial charge in [0, 0.05) is 18.0 Å². The highest BCUT2D eigenvalue weighted by Crippen LogP contribution is 2.31. The number of methoxy groups -OCH3 is 1. The van der Waals surface area contributed by atoms with E-state index in [1.807, 2.05) is 0 Å². The zero-order valence-corrected chi connectivity index (χ0v) is 10.8. The van der Waals surface area contributed by atoms with E-state index in [0.717, 1.165) is 0 Å². The number of hydrogen-bond donors (Lipinski definition) is 1. The summed E-state index contributed by atoms with van der Waals surface area (Å²) in [4.78, 5) is 3.82. The second-order valence-corrected chi connectivity index (χ2v) is 3.92. The average molecular weight is 284 g/mol. The van der Waals surface area contributed by atoms with Gasteiger partial charge in [-0.25, -0.2) is 4.98 Å². The summed E-state index contributed by atoms with van der Waals surface area (Å²) in [6.07, 6.45) is 2.46. The fraction of sp³-hybridized carbons (Fsp3) is 0.308. The quantitative estimate of drug-likeness (QED) is 0.884. The van der Waals surface area contributed by atoms with E-state index in [2.05, 4.69) is 4.98 Å². The van der Waals surface area contributed by atoms with Gasteiger partial charge in [0.05, 0.1) is 13.7 Å². The van der Waals surface area contributed by atoms with Crippen molar-refractivity contribution in [3.05, 3.63) is 42.0 Å². The van der Waals surface area contributed by atoms with Crippen molar-refractivity contribution in [2.75, 3.05) is 7.11 Å². The standard InChI is InChI=1S/C13H14F2N2O3/c1-19-10-4-2-3-9(7-18)12(10)20-8-11-16-5-6-17(11)13(14)15/h2-6,13,18H,7-8H2,1H3. The molecule has 2 aromatic rings. The molecule has 0 aliphatic rings. The van der Waals surface area contributed by atoms with Crippen LogP contribution in [0.4, 0.5) is 8.78 Å². The van der Waals surface area contributed by atoms with Gasteiger partial charge in [0.2, 0.25) is 0 Å². The molecule has 0 bridgehead atoms. The van der Waals surface area contributed by atoms with Gasteiger partial charge in [-0.15, -0.1) is 0 Å². The van der Waals surface area contributed by atoms with Crippen LogP contribution in [0.3, 0.4) is 0 Å². The van der Waals surface area contributed by atoms with E-state index < -0.39 is 6.55 Å². The van der Waals surface area contributed by atoms with Gasteiger partial charge in [-0.3, -0.25) is 4.57 Å². The molecule has 2 rings (SSSR count). The molecule has 20 heavy (non-hydrogen) atoms. The van der Waals surface area contributed by atoms with Crippen molar-refractivity contribution in [2.45, 2.75) is 19.8 Å². The van der Waals surface area contributed by atoms with Crippen LogP contribution in [0.25, 0.3) is 0 Å². The molecule has 108 valence electrons. The molecule has 0 unspecified atom stereocenters. The molecule has 5 nitrogen and oxygen atoms in total. The van der Waals surface area contributed by atoms with Crippen LogP contribution in [-0.4, -0.2) is 21.8 Å². The first kappa shape index (κ1) is 14.3. The van der Waals surface area contributed by atoms with Gasteiger partial charge in [0.15, 0.2) is 17.3 Å². The van der Waals surface area contributed by atoms with Gasteiger partial charge < -0.3 is 14.6 Å². The number of aliphatic hydroxyl groups is 1. The number of alkyl halides is 2. The van der Waals surface area contributed by atoms with Crippen molar-refractivity contribution < 1.29 is 23.4 Å². The fourth-order valence-electron chi connectivity index (χ4n) is 1.78. The first-order valence-corrected chi connectivity index (χ1v) is 5.86. The smallest absolute Gasteiger partial charge is 0.320 e. The van der Waals surface area contributed by atoms with Crippen LogP contribution in [0.5, 0.6) is 11.5 Å². The lowest BCUT2D eigenvalue weighted by molar-refractivity contribution is 0.0630. The Kier molecular flexibility index (Phi) is 4.52. The summed E-state index contributed by atoms with van der Waals surface area (Å²) < 4.78 is 36.7. The molecule has 1 heterocycles. The fourth-order valence-corrected chi connectivity index (χ4v) is 1.78. The van der Waals surface area contributed by atoms with Crippen molar-refractivity contribution in [3.8, 4) is 11.5 Å². The zero-order valence-electron chi connectivity index (χ0n) is 10.8. The third kappa shape index (κ3) is 2.88. The predicted molar refractivity (Wildman–Crippen MR) is 66.7 cm³/mol. The lowest BCUT2D eigenvalue weighted by Gasteiger charge is -2.14. The molecule has 0 spiro atoms. The highest BCUT2D eigenvalue weighted by molar-refractivity contribution is 5.46. The van der Waals surface area contributed by atoms with Gasteiger partial charge in [0.1, 0.15) is 6.61 Å². The summed E-state index contributed by atoms with van der Waals surface area (Å²) in [5, 5.41) is 9.26. The third-order valence-corrected chi connectivity index (χ3v) is 2.76. The molecule has 0 fully saturated rings. The van der Waals surface area contributed by atoms with E-state index in [1.54, 1.807) is 18.2 Å². The Bertz CT molecular complexity index is 550. The number of benzene rings is 1. The minimum Gasteiger partial charge on any atom is -0.493 e. The zero-order chi connectivity index (χ0) is 14.5. The molecule has 1 aromatic carbocycles. The van der Waals surface area contributed by atoms with Crippen molar-refractivity contribution in [1.82, 2.24) is 9.55 Å². The van der Waals surface area contributed by atoms with Crippen molar-refractivity contribution in [1.29, 1.82) is 0 Å². The number of aliphatic hydroxyl groups excluding tert-OH is 1. The van der Waals surface area contributed by atoms with Gasteiger partial charge in [-0.05, 0) is 6.07 Å². The summed E-state index contributed by atoms with van der Waals surface area (Å²) in [6, 6.07) is 5.03. The SMILES string of the molecule is COc1cccc(CO)c1OCc1nccn1C(F)F. The minimum absolute atomic E-state index is 0.0924. The number of aromatic nitrogens is 2. The Morgan fingerprint density at radius 1 is 1.40 bits per heavy atom. The van der Waals surface area contributed by atoms with Crippen LogP contribution >= 0.6 is 0 Å². The van der Waals surface area contributed by atoms with E-state index in [1.165, 1.54) is 19.5 Å². The summed E-state index contributed by atoms with van der Waals surface area (Å²) >= 11 is 0. The summed E-state index contributed by atoms with van der Waals surface area (Å²) in [7, 11) is 1.46. The maximum atomic E-state index is 12.7. The van der Waals surface area contributed by atoms with E-state index in [-0.39, 0.29) is 19.0 Å². The molecule has 0 aliphatic heterocycles. The molecule has 7 heteroatoms. The average Bonchev–Trinajstić information content (AvgIpc) is 2.93. The second kappa shape index (κ2) is 6.33. The first-order valence-electron chi connectivity index (χ1n) is 5.86. The van der Waals surface area contributed by atoms with E-state index >= 15 is 0 Å². The number of halogens is 2. The molecule has 0 aliphatic carbocycles. The van der Waals surface area contributed by atoms with Gasteiger partial charge in [0.25, 0.3) is 0 Å². The first-order chi connectivity index (χ1) is 9.67. The molecule has 0 saturated heterocycles. The van der Waals surface area contributed by atoms with Crippen LogP contribution in [0, 0.1) is 0 Å². The van der Waals surface area contributed by atoms with Crippen molar-refractivity contribution >= 4 is 0 Å². The molecule has 0 amide bonds. The topological polar surface area (TPSA) is 56.5 Å². The highest BCUT2D eigenvalue weighted by Gasteiger charge is 2.14. The van der Waals surface area contributed by atoms with E-state index in [4.69, 9.17) is 9.47 Å². The lowest BCUT2D eigenvalue weighted by atomic mass is 10.2. The molecule has 0 atom stereocenters. The summed E-state index contributed by atoms with van der Waals surface area (Å²) in [5.41, 5.74) is 0.513. The minimum atomic E-state index is -2.67. The molecule has 1 aromatic heterocycles. The molecule has 1 N–H and O–H groups in total. The van der Waals surface area contributed by atoms with E-state index in [0.29, 0.717) is 21.6 Å². The number of nitrogens with zero attached hydrogens (tertiary/aromatic N) is 2. The largest absolute Gasteiger partial charge is 0.493 e. The molecule has 0 saturated carbocycles. The highest BCUT2D eigenvalue weighted by atomic mass is 19.3. The van der Waals surface area contributed by atoms with Crippen LogP contribution in [0.2, 0.25) is 0 Å². The van der Waals surface area contributed by atoms with Gasteiger partial charge in [-0.2, -0.15) is 8.78 Å². The van der Waals surface area contributed by atoms with Crippen molar-refractivity contribution in [2.24, 2.45) is 0 Å². The Labute approximate surface area is 114 Å². The number of para-hydroxylation sites is 1. The van der Waals surface area contributed by atoms with Crippen LogP contribution in [0.1, 0.15) is 17.9 Å². The van der Waals surface area contributed by atoms with Gasteiger partial charge >= 0.3 is 6.55 Å². The summed E-state index contributed by atoms with van der Waals surface area (Å²) in [5.74, 6) is 0.836. The van der Waals surface area contributed by atoms with Crippen LogP contribution in [-0.2, 0) is 13.2 Å². The Hall–Kier alpha value is -2.15. The molecular formula is C13H14F2N2O3. The Balaban J connectivity index is 2.20. The van der Waals surface area contributed by atoms with Crippen LogP contribution < -0.4 is 9.47 Å².